The number of para-hydroxylation sites is 1. The van der Waals surface area contributed by atoms with E-state index < -0.39 is 0 Å². The fourth-order valence-electron chi connectivity index (χ4n) is 1.52. The number of rotatable bonds is 4. The molecule has 0 amide bonds. The zero-order chi connectivity index (χ0) is 12.3. The van der Waals surface area contributed by atoms with Crippen molar-refractivity contribution in [1.29, 1.82) is 0 Å². The van der Waals surface area contributed by atoms with E-state index in [9.17, 15) is 0 Å². The van der Waals surface area contributed by atoms with Gasteiger partial charge >= 0.3 is 0 Å². The van der Waals surface area contributed by atoms with E-state index in [0.717, 1.165) is 0 Å². The molecule has 0 aliphatic carbocycles. The Morgan fingerprint density at radius 2 is 1.71 bits per heavy atom. The first kappa shape index (κ1) is 11.4. The third-order valence-electron chi connectivity index (χ3n) is 2.41. The zero-order valence-corrected chi connectivity index (χ0v) is 10.1. The van der Waals surface area contributed by atoms with Crippen molar-refractivity contribution in [3.63, 3.8) is 0 Å². The fraction of sp³-hybridized carbons (Fsp3) is 0.231. The molecule has 2 aromatic rings. The number of hydrogen-bond acceptors (Lipinski definition) is 3. The summed E-state index contributed by atoms with van der Waals surface area (Å²) in [7, 11) is 5.05. The Kier molecular flexibility index (Phi) is 3.23. The highest BCUT2D eigenvalue weighted by molar-refractivity contribution is 5.52. The molecule has 4 heteroatoms. The van der Waals surface area contributed by atoms with E-state index in [2.05, 4.69) is 6.20 Å². The molecule has 89 valence electrons. The number of ether oxygens (including phenoxy) is 3. The number of methoxy groups -OCH3 is 2. The molecule has 0 atom stereocenters. The van der Waals surface area contributed by atoms with E-state index in [1.807, 2.05) is 31.3 Å². The molecule has 0 spiro atoms. The van der Waals surface area contributed by atoms with Gasteiger partial charge in [-0.15, -0.1) is 0 Å². The third kappa shape index (κ3) is 2.20. The normalized spacial score (nSPS) is 10.1. The summed E-state index contributed by atoms with van der Waals surface area (Å²) in [6.45, 7) is 0. The van der Waals surface area contributed by atoms with Crippen LogP contribution in [0, 0.1) is 6.20 Å². The maximum absolute atomic E-state index is 5.77. The van der Waals surface area contributed by atoms with Crippen molar-refractivity contribution in [3.05, 3.63) is 36.5 Å². The maximum Gasteiger partial charge on any atom is 0.212 e. The van der Waals surface area contributed by atoms with E-state index in [0.29, 0.717) is 23.1 Å². The average molecular weight is 232 g/mol. The second-order valence-corrected chi connectivity index (χ2v) is 3.45. The number of hydrogen-bond donors (Lipinski definition) is 0. The van der Waals surface area contributed by atoms with Gasteiger partial charge in [-0.1, -0.05) is 6.07 Å². The van der Waals surface area contributed by atoms with Gasteiger partial charge in [-0.05, 0) is 18.2 Å². The van der Waals surface area contributed by atoms with E-state index in [1.165, 1.54) is 0 Å². The van der Waals surface area contributed by atoms with Crippen LogP contribution in [0.3, 0.4) is 0 Å². The van der Waals surface area contributed by atoms with Crippen LogP contribution in [0.15, 0.2) is 30.3 Å². The molecule has 2 rings (SSSR count). The van der Waals surface area contributed by atoms with Crippen molar-refractivity contribution in [2.45, 2.75) is 0 Å². The van der Waals surface area contributed by atoms with E-state index in [4.69, 9.17) is 14.2 Å². The first-order valence-electron chi connectivity index (χ1n) is 5.18. The summed E-state index contributed by atoms with van der Waals surface area (Å²) in [6.07, 6.45) is 2.97. The number of nitrogens with zero attached hydrogens (tertiary/aromatic N) is 1. The predicted octanol–water partition coefficient (Wildman–Crippen LogP) is 2.63. The van der Waals surface area contributed by atoms with Crippen LogP contribution in [-0.2, 0) is 7.05 Å². The van der Waals surface area contributed by atoms with Crippen LogP contribution >= 0.6 is 0 Å². The van der Waals surface area contributed by atoms with Gasteiger partial charge in [-0.2, -0.15) is 0 Å². The van der Waals surface area contributed by atoms with Gasteiger partial charge in [0.15, 0.2) is 11.5 Å². The van der Waals surface area contributed by atoms with Gasteiger partial charge in [-0.25, -0.2) is 0 Å². The number of aromatic nitrogens is 1. The Morgan fingerprint density at radius 1 is 1.06 bits per heavy atom. The van der Waals surface area contributed by atoms with Crippen LogP contribution < -0.4 is 14.2 Å². The maximum atomic E-state index is 5.77. The van der Waals surface area contributed by atoms with Crippen molar-refractivity contribution in [1.82, 2.24) is 4.57 Å². The molecule has 17 heavy (non-hydrogen) atoms. The first-order chi connectivity index (χ1) is 8.26. The van der Waals surface area contributed by atoms with Crippen LogP contribution in [0.1, 0.15) is 0 Å². The lowest BCUT2D eigenvalue weighted by molar-refractivity contribution is 0.337. The molecular weight excluding hydrogens is 218 g/mol. The average Bonchev–Trinajstić information content (AvgIpc) is 2.75. The zero-order valence-electron chi connectivity index (χ0n) is 10.1. The van der Waals surface area contributed by atoms with Crippen molar-refractivity contribution < 1.29 is 14.2 Å². The van der Waals surface area contributed by atoms with Gasteiger partial charge in [0.1, 0.15) is 0 Å². The van der Waals surface area contributed by atoms with Gasteiger partial charge in [-0.3, -0.25) is 0 Å². The Labute approximate surface area is 100 Å². The summed E-state index contributed by atoms with van der Waals surface area (Å²) in [6, 6.07) is 9.11. The Balaban J connectivity index is 2.40. The summed E-state index contributed by atoms with van der Waals surface area (Å²) < 4.78 is 18.0. The molecule has 0 aliphatic heterocycles. The minimum atomic E-state index is 0.563. The van der Waals surface area contributed by atoms with Crippen LogP contribution in [0.2, 0.25) is 0 Å². The summed E-state index contributed by atoms with van der Waals surface area (Å²) in [5.74, 6) is 2.50. The number of aryl methyl sites for hydroxylation is 1. The second-order valence-electron chi connectivity index (χ2n) is 3.45. The van der Waals surface area contributed by atoms with Gasteiger partial charge in [0.05, 0.1) is 20.4 Å². The predicted molar refractivity (Wildman–Crippen MR) is 63.9 cm³/mol. The molecule has 0 unspecified atom stereocenters. The van der Waals surface area contributed by atoms with E-state index in [1.54, 1.807) is 24.9 Å². The molecule has 0 aliphatic rings. The highest BCUT2D eigenvalue weighted by atomic mass is 16.5. The van der Waals surface area contributed by atoms with Crippen LogP contribution in [0.4, 0.5) is 0 Å². The molecule has 0 fully saturated rings. The molecule has 4 nitrogen and oxygen atoms in total. The summed E-state index contributed by atoms with van der Waals surface area (Å²) in [5, 5.41) is 0. The smallest absolute Gasteiger partial charge is 0.212 e. The summed E-state index contributed by atoms with van der Waals surface area (Å²) >= 11 is 0. The molecule has 1 heterocycles. The molecule has 1 aromatic carbocycles. The lowest BCUT2D eigenvalue weighted by atomic mass is 10.3. The van der Waals surface area contributed by atoms with Crippen molar-refractivity contribution in [3.8, 4) is 23.1 Å². The van der Waals surface area contributed by atoms with Crippen molar-refractivity contribution >= 4 is 0 Å². The Bertz CT molecular complexity index is 483. The Hall–Kier alpha value is -2.10. The number of benzene rings is 1. The van der Waals surface area contributed by atoms with Crippen LogP contribution in [0.5, 0.6) is 23.1 Å². The van der Waals surface area contributed by atoms with Crippen molar-refractivity contribution in [2.24, 2.45) is 7.05 Å². The summed E-state index contributed by atoms with van der Waals surface area (Å²) in [5.41, 5.74) is 0. The lowest BCUT2D eigenvalue weighted by Crippen LogP contribution is -1.97. The molecule has 0 N–H and O–H groups in total. The molecule has 1 aromatic heterocycles. The lowest BCUT2D eigenvalue weighted by Gasteiger charge is -2.13. The van der Waals surface area contributed by atoms with Gasteiger partial charge < -0.3 is 18.8 Å². The van der Waals surface area contributed by atoms with E-state index >= 15 is 0 Å². The van der Waals surface area contributed by atoms with Gasteiger partial charge in [0.25, 0.3) is 0 Å². The minimum Gasteiger partial charge on any atom is -0.493 e. The van der Waals surface area contributed by atoms with Crippen molar-refractivity contribution in [2.75, 3.05) is 14.2 Å². The molecule has 0 saturated carbocycles. The molecule has 0 saturated heterocycles. The monoisotopic (exact) mass is 232 g/mol. The molecule has 0 bridgehead atoms. The van der Waals surface area contributed by atoms with Gasteiger partial charge in [0.2, 0.25) is 11.6 Å². The first-order valence-corrected chi connectivity index (χ1v) is 5.18. The highest BCUT2D eigenvalue weighted by Crippen LogP contribution is 2.39. The Morgan fingerprint density at radius 3 is 2.18 bits per heavy atom. The SMILES string of the molecule is COc1cccc(OC)c1Oc1cc[c]n1C. The van der Waals surface area contributed by atoms with Crippen LogP contribution in [0.25, 0.3) is 0 Å². The fourth-order valence-corrected chi connectivity index (χ4v) is 1.52. The quantitative estimate of drug-likeness (QED) is 0.812. The second kappa shape index (κ2) is 4.82. The van der Waals surface area contributed by atoms with E-state index in [-0.39, 0.29) is 0 Å². The third-order valence-corrected chi connectivity index (χ3v) is 2.41. The molecule has 1 radical (unpaired) electrons. The summed E-state index contributed by atoms with van der Waals surface area (Å²) in [4.78, 5) is 0. The van der Waals surface area contributed by atoms with Crippen LogP contribution in [-0.4, -0.2) is 18.8 Å². The minimum absolute atomic E-state index is 0.563. The largest absolute Gasteiger partial charge is 0.493 e. The van der Waals surface area contributed by atoms with Gasteiger partial charge in [0, 0.05) is 13.1 Å². The highest BCUT2D eigenvalue weighted by Gasteiger charge is 2.13. The molecular formula is C13H14NO3. The topological polar surface area (TPSA) is 32.6 Å². The standard InChI is InChI=1S/C13H14NO3/c1-14-9-5-8-12(14)17-13-10(15-2)6-4-7-11(13)16-3/h4-8H,1-3H3.